The van der Waals surface area contributed by atoms with E-state index < -0.39 is 22.0 Å². The first-order valence-corrected chi connectivity index (χ1v) is 8.00. The van der Waals surface area contributed by atoms with Crippen molar-refractivity contribution in [1.82, 2.24) is 4.72 Å². The van der Waals surface area contributed by atoms with E-state index in [0.29, 0.717) is 0 Å². The van der Waals surface area contributed by atoms with Crippen LogP contribution in [0, 0.1) is 6.92 Å². The molecule has 3 N–H and O–H groups in total. The number of carbonyl (C=O) groups is 2. The van der Waals surface area contributed by atoms with Gasteiger partial charge in [-0.2, -0.15) is 0 Å². The number of sulfonamides is 1. The maximum Gasteiger partial charge on any atom is 0.335 e. The lowest BCUT2D eigenvalue weighted by Gasteiger charge is -2.09. The van der Waals surface area contributed by atoms with Gasteiger partial charge in [-0.15, -0.1) is 0 Å². The standard InChI is InChI=1S/C15H14N2O5S/c1-10-4-2-7-13(8-10)23(21,22)17-15(20)16-12-6-3-5-11(9-12)14(18)19/h2-9H,1H3,(H,18,19)(H2,16,17,20). The van der Waals surface area contributed by atoms with E-state index in [1.165, 1.54) is 36.4 Å². The summed E-state index contributed by atoms with van der Waals surface area (Å²) in [6.45, 7) is 1.73. The molecular formula is C15H14N2O5S. The highest BCUT2D eigenvalue weighted by Crippen LogP contribution is 2.13. The maximum atomic E-state index is 12.1. The van der Waals surface area contributed by atoms with Crippen LogP contribution in [0.25, 0.3) is 0 Å². The summed E-state index contributed by atoms with van der Waals surface area (Å²) in [6, 6.07) is 10.6. The molecule has 0 saturated heterocycles. The van der Waals surface area contributed by atoms with E-state index in [0.717, 1.165) is 5.56 Å². The van der Waals surface area contributed by atoms with Crippen molar-refractivity contribution in [2.24, 2.45) is 0 Å². The summed E-state index contributed by atoms with van der Waals surface area (Å²) in [5.74, 6) is -1.15. The fourth-order valence-corrected chi connectivity index (χ4v) is 2.86. The van der Waals surface area contributed by atoms with E-state index in [1.807, 2.05) is 4.72 Å². The van der Waals surface area contributed by atoms with E-state index in [4.69, 9.17) is 5.11 Å². The number of hydrogen-bond acceptors (Lipinski definition) is 4. The van der Waals surface area contributed by atoms with Gasteiger partial charge < -0.3 is 10.4 Å². The van der Waals surface area contributed by atoms with Gasteiger partial charge in [0.1, 0.15) is 0 Å². The number of urea groups is 1. The summed E-state index contributed by atoms with van der Waals surface area (Å²) in [4.78, 5) is 22.6. The molecular weight excluding hydrogens is 320 g/mol. The van der Waals surface area contributed by atoms with Crippen LogP contribution in [0.2, 0.25) is 0 Å². The largest absolute Gasteiger partial charge is 0.478 e. The molecule has 8 heteroatoms. The Labute approximate surface area is 133 Å². The quantitative estimate of drug-likeness (QED) is 0.793. The van der Waals surface area contributed by atoms with Gasteiger partial charge >= 0.3 is 12.0 Å². The molecule has 2 amide bonds. The number of carboxylic acid groups (broad SMARTS) is 1. The minimum Gasteiger partial charge on any atom is -0.478 e. The van der Waals surface area contributed by atoms with Crippen LogP contribution in [-0.2, 0) is 10.0 Å². The molecule has 23 heavy (non-hydrogen) atoms. The van der Waals surface area contributed by atoms with Crippen molar-refractivity contribution in [2.45, 2.75) is 11.8 Å². The zero-order valence-corrected chi connectivity index (χ0v) is 12.9. The Morgan fingerprint density at radius 3 is 2.39 bits per heavy atom. The Kier molecular flexibility index (Phi) is 4.65. The Bertz CT molecular complexity index is 862. The summed E-state index contributed by atoms with van der Waals surface area (Å²) >= 11 is 0. The number of benzene rings is 2. The van der Waals surface area contributed by atoms with E-state index in [-0.39, 0.29) is 16.1 Å². The maximum absolute atomic E-state index is 12.1. The molecule has 0 heterocycles. The van der Waals surface area contributed by atoms with Crippen molar-refractivity contribution in [3.8, 4) is 0 Å². The van der Waals surface area contributed by atoms with Gasteiger partial charge in [-0.3, -0.25) is 0 Å². The average Bonchev–Trinajstić information content (AvgIpc) is 2.46. The first-order valence-electron chi connectivity index (χ1n) is 6.52. The first kappa shape index (κ1) is 16.5. The third-order valence-electron chi connectivity index (χ3n) is 2.89. The van der Waals surface area contributed by atoms with Gasteiger partial charge in [-0.25, -0.2) is 22.7 Å². The summed E-state index contributed by atoms with van der Waals surface area (Å²) in [5, 5.41) is 11.2. The van der Waals surface area contributed by atoms with Gasteiger partial charge in [0, 0.05) is 5.69 Å². The van der Waals surface area contributed by atoms with E-state index in [1.54, 1.807) is 19.1 Å². The lowest BCUT2D eigenvalue weighted by atomic mass is 10.2. The van der Waals surface area contributed by atoms with Gasteiger partial charge in [0.2, 0.25) is 0 Å². The smallest absolute Gasteiger partial charge is 0.335 e. The molecule has 0 aliphatic rings. The molecule has 120 valence electrons. The van der Waals surface area contributed by atoms with Crippen LogP contribution in [0.4, 0.5) is 10.5 Å². The second kappa shape index (κ2) is 6.49. The number of amides is 2. The zero-order chi connectivity index (χ0) is 17.0. The number of aryl methyl sites for hydroxylation is 1. The van der Waals surface area contributed by atoms with Gasteiger partial charge in [0.25, 0.3) is 10.0 Å². The molecule has 0 aromatic heterocycles. The second-order valence-electron chi connectivity index (χ2n) is 4.76. The summed E-state index contributed by atoms with van der Waals surface area (Å²) in [7, 11) is -4.01. The topological polar surface area (TPSA) is 113 Å². The van der Waals surface area contributed by atoms with Crippen LogP contribution in [0.15, 0.2) is 53.4 Å². The molecule has 0 radical (unpaired) electrons. The predicted octanol–water partition coefficient (Wildman–Crippen LogP) is 2.20. The van der Waals surface area contributed by atoms with Gasteiger partial charge in [0.05, 0.1) is 10.5 Å². The minimum atomic E-state index is -4.01. The van der Waals surface area contributed by atoms with E-state index >= 15 is 0 Å². The Balaban J connectivity index is 2.13. The van der Waals surface area contributed by atoms with Gasteiger partial charge in [0.15, 0.2) is 0 Å². The molecule has 0 saturated carbocycles. The Hall–Kier alpha value is -2.87. The highest BCUT2D eigenvalue weighted by molar-refractivity contribution is 7.90. The number of rotatable bonds is 4. The normalized spacial score (nSPS) is 10.8. The SMILES string of the molecule is Cc1cccc(S(=O)(=O)NC(=O)Nc2cccc(C(=O)O)c2)c1. The Morgan fingerprint density at radius 2 is 1.74 bits per heavy atom. The first-order chi connectivity index (χ1) is 10.8. The predicted molar refractivity (Wildman–Crippen MR) is 83.9 cm³/mol. The fraction of sp³-hybridized carbons (Fsp3) is 0.0667. The highest BCUT2D eigenvalue weighted by atomic mass is 32.2. The van der Waals surface area contributed by atoms with Crippen molar-refractivity contribution < 1.29 is 23.1 Å². The van der Waals surface area contributed by atoms with Crippen molar-refractivity contribution in [3.63, 3.8) is 0 Å². The molecule has 0 spiro atoms. The molecule has 2 rings (SSSR count). The second-order valence-corrected chi connectivity index (χ2v) is 6.44. The van der Waals surface area contributed by atoms with Crippen LogP contribution < -0.4 is 10.0 Å². The molecule has 0 bridgehead atoms. The van der Waals surface area contributed by atoms with E-state index in [2.05, 4.69) is 5.32 Å². The molecule has 0 aliphatic heterocycles. The van der Waals surface area contributed by atoms with Gasteiger partial charge in [-0.1, -0.05) is 18.2 Å². The minimum absolute atomic E-state index is 0.0238. The monoisotopic (exact) mass is 334 g/mol. The van der Waals surface area contributed by atoms with Crippen molar-refractivity contribution in [3.05, 3.63) is 59.7 Å². The van der Waals surface area contributed by atoms with Gasteiger partial charge in [-0.05, 0) is 42.8 Å². The molecule has 0 atom stereocenters. The lowest BCUT2D eigenvalue weighted by Crippen LogP contribution is -2.34. The van der Waals surface area contributed by atoms with Crippen LogP contribution in [0.1, 0.15) is 15.9 Å². The van der Waals surface area contributed by atoms with Crippen LogP contribution >= 0.6 is 0 Å². The average molecular weight is 334 g/mol. The third-order valence-corrected chi connectivity index (χ3v) is 4.22. The van der Waals surface area contributed by atoms with E-state index in [9.17, 15) is 18.0 Å². The molecule has 2 aromatic rings. The molecule has 0 aliphatic carbocycles. The lowest BCUT2D eigenvalue weighted by molar-refractivity contribution is 0.0697. The van der Waals surface area contributed by atoms with Crippen LogP contribution in [0.5, 0.6) is 0 Å². The van der Waals surface area contributed by atoms with Crippen LogP contribution in [0.3, 0.4) is 0 Å². The number of hydrogen-bond donors (Lipinski definition) is 3. The highest BCUT2D eigenvalue weighted by Gasteiger charge is 2.17. The summed E-state index contributed by atoms with van der Waals surface area (Å²) < 4.78 is 26.1. The number of anilines is 1. The third kappa shape index (κ3) is 4.30. The molecule has 2 aromatic carbocycles. The number of carboxylic acids is 1. The van der Waals surface area contributed by atoms with Crippen LogP contribution in [-0.4, -0.2) is 25.5 Å². The molecule has 7 nitrogen and oxygen atoms in total. The van der Waals surface area contributed by atoms with Crippen molar-refractivity contribution >= 4 is 27.7 Å². The fourth-order valence-electron chi connectivity index (χ4n) is 1.85. The number of aromatic carboxylic acids is 1. The number of carbonyl (C=O) groups excluding carboxylic acids is 1. The summed E-state index contributed by atoms with van der Waals surface area (Å²) in [5.41, 5.74) is 0.883. The molecule has 0 unspecified atom stereocenters. The van der Waals surface area contributed by atoms with Crippen molar-refractivity contribution in [1.29, 1.82) is 0 Å². The zero-order valence-electron chi connectivity index (χ0n) is 12.1. The number of nitrogens with one attached hydrogen (secondary N) is 2. The summed E-state index contributed by atoms with van der Waals surface area (Å²) in [6.07, 6.45) is 0. The van der Waals surface area contributed by atoms with Crippen molar-refractivity contribution in [2.75, 3.05) is 5.32 Å². The molecule has 0 fully saturated rings. The Morgan fingerprint density at radius 1 is 1.04 bits per heavy atom.